The van der Waals surface area contributed by atoms with Crippen LogP contribution in [0.5, 0.6) is 0 Å². The van der Waals surface area contributed by atoms with E-state index in [0.717, 1.165) is 23.6 Å². The highest BCUT2D eigenvalue weighted by molar-refractivity contribution is 7.89. The number of amides is 2. The van der Waals surface area contributed by atoms with Crippen LogP contribution in [0.25, 0.3) is 0 Å². The van der Waals surface area contributed by atoms with Crippen LogP contribution in [0.15, 0.2) is 29.2 Å². The van der Waals surface area contributed by atoms with Gasteiger partial charge in [0.15, 0.2) is 0 Å². The summed E-state index contributed by atoms with van der Waals surface area (Å²) in [5, 5.41) is 5.36. The van der Waals surface area contributed by atoms with Crippen molar-refractivity contribution in [3.8, 4) is 0 Å². The lowest BCUT2D eigenvalue weighted by atomic mass is 10.00. The van der Waals surface area contributed by atoms with Crippen molar-refractivity contribution in [3.05, 3.63) is 24.3 Å². The molecule has 2 aliphatic rings. The molecule has 1 heterocycles. The van der Waals surface area contributed by atoms with Crippen molar-refractivity contribution >= 4 is 39.9 Å². The number of rotatable bonds is 5. The van der Waals surface area contributed by atoms with E-state index in [-0.39, 0.29) is 60.7 Å². The van der Waals surface area contributed by atoms with Gasteiger partial charge in [0.05, 0.1) is 11.4 Å². The lowest BCUT2D eigenvalue weighted by Gasteiger charge is -2.26. The first-order chi connectivity index (χ1) is 12.4. The monoisotopic (exact) mass is 416 g/mol. The summed E-state index contributed by atoms with van der Waals surface area (Å²) in [6.07, 6.45) is 3.26. The van der Waals surface area contributed by atoms with E-state index in [0.29, 0.717) is 12.1 Å². The van der Waals surface area contributed by atoms with E-state index in [4.69, 9.17) is 5.73 Å². The first kappa shape index (κ1) is 21.6. The molecule has 2 fully saturated rings. The van der Waals surface area contributed by atoms with Gasteiger partial charge in [0, 0.05) is 31.2 Å². The van der Waals surface area contributed by atoms with Gasteiger partial charge in [-0.25, -0.2) is 8.42 Å². The predicted molar refractivity (Wildman–Crippen MR) is 104 cm³/mol. The maximum atomic E-state index is 12.7. The number of hydrogen-bond donors (Lipinski definition) is 3. The summed E-state index contributed by atoms with van der Waals surface area (Å²) in [6, 6.07) is 6.17. The second kappa shape index (κ2) is 9.01. The molecule has 10 heteroatoms. The summed E-state index contributed by atoms with van der Waals surface area (Å²) >= 11 is 0. The smallest absolute Gasteiger partial charge is 0.243 e. The maximum Gasteiger partial charge on any atom is 0.243 e. The Bertz CT molecular complexity index is 802. The molecule has 1 aromatic rings. The first-order valence-electron chi connectivity index (χ1n) is 8.78. The third kappa shape index (κ3) is 5.19. The topological polar surface area (TPSA) is 122 Å². The van der Waals surface area contributed by atoms with Gasteiger partial charge < -0.3 is 16.4 Å². The van der Waals surface area contributed by atoms with E-state index in [1.807, 2.05) is 0 Å². The number of anilines is 1. The standard InChI is InChI=1S/C17H24N4O4S.ClH/c18-15-6-1-3-12(15)9-16(22)20-13-4-2-5-14(10-13)26(24,25)21-8-7-19-17(23)11-21;/h2,4-5,10,12,15H,1,3,6-9,11,18H2,(H,19,23)(H,20,22);1H/t12-,15+;/m0./s1. The van der Waals surface area contributed by atoms with Crippen molar-refractivity contribution in [3.63, 3.8) is 0 Å². The highest BCUT2D eigenvalue weighted by Gasteiger charge is 2.29. The number of halogens is 1. The van der Waals surface area contributed by atoms with Crippen molar-refractivity contribution in [2.24, 2.45) is 11.7 Å². The number of nitrogens with two attached hydrogens (primary N) is 1. The van der Waals surface area contributed by atoms with E-state index in [1.165, 1.54) is 12.1 Å². The molecule has 27 heavy (non-hydrogen) atoms. The van der Waals surface area contributed by atoms with Crippen LogP contribution >= 0.6 is 12.4 Å². The van der Waals surface area contributed by atoms with E-state index < -0.39 is 10.0 Å². The Hall–Kier alpha value is -1.68. The lowest BCUT2D eigenvalue weighted by molar-refractivity contribution is -0.122. The number of nitrogens with one attached hydrogen (secondary N) is 2. The van der Waals surface area contributed by atoms with Gasteiger partial charge in [-0.15, -0.1) is 12.4 Å². The van der Waals surface area contributed by atoms with Crippen LogP contribution < -0.4 is 16.4 Å². The highest BCUT2D eigenvalue weighted by Crippen LogP contribution is 2.27. The fourth-order valence-electron chi connectivity index (χ4n) is 3.47. The van der Waals surface area contributed by atoms with Gasteiger partial charge in [-0.3, -0.25) is 9.59 Å². The molecule has 0 bridgehead atoms. The minimum absolute atomic E-state index is 0. The molecule has 1 aliphatic carbocycles. The zero-order valence-electron chi connectivity index (χ0n) is 14.9. The molecule has 3 rings (SSSR count). The molecular formula is C17H25ClN4O4S. The van der Waals surface area contributed by atoms with Crippen LogP contribution in [0.4, 0.5) is 5.69 Å². The number of carbonyl (C=O) groups is 2. The molecule has 1 saturated carbocycles. The summed E-state index contributed by atoms with van der Waals surface area (Å²) in [5.74, 6) is -0.315. The molecule has 1 saturated heterocycles. The molecule has 1 aliphatic heterocycles. The minimum atomic E-state index is -3.78. The largest absolute Gasteiger partial charge is 0.354 e. The third-order valence-electron chi connectivity index (χ3n) is 4.92. The van der Waals surface area contributed by atoms with Crippen LogP contribution in [0.2, 0.25) is 0 Å². The number of hydrogen-bond acceptors (Lipinski definition) is 5. The molecule has 1 aromatic carbocycles. The maximum absolute atomic E-state index is 12.7. The van der Waals surface area contributed by atoms with Gasteiger partial charge in [-0.05, 0) is 37.0 Å². The number of benzene rings is 1. The normalized spacial score (nSPS) is 23.4. The highest BCUT2D eigenvalue weighted by atomic mass is 35.5. The molecule has 4 N–H and O–H groups in total. The number of sulfonamides is 1. The zero-order chi connectivity index (χ0) is 18.7. The fourth-order valence-corrected chi connectivity index (χ4v) is 4.92. The van der Waals surface area contributed by atoms with Gasteiger partial charge in [0.1, 0.15) is 0 Å². The molecule has 0 spiro atoms. The number of piperazine rings is 1. The summed E-state index contributed by atoms with van der Waals surface area (Å²) in [6.45, 7) is 0.318. The van der Waals surface area contributed by atoms with Crippen molar-refractivity contribution in [1.82, 2.24) is 9.62 Å². The third-order valence-corrected chi connectivity index (χ3v) is 6.77. The molecule has 0 unspecified atom stereocenters. The van der Waals surface area contributed by atoms with Gasteiger partial charge >= 0.3 is 0 Å². The van der Waals surface area contributed by atoms with Crippen LogP contribution in [-0.2, 0) is 19.6 Å². The van der Waals surface area contributed by atoms with Crippen LogP contribution in [0.3, 0.4) is 0 Å². The molecule has 2 atom stereocenters. The molecule has 150 valence electrons. The Morgan fingerprint density at radius 3 is 2.78 bits per heavy atom. The second-order valence-corrected chi connectivity index (χ2v) is 8.76. The van der Waals surface area contributed by atoms with Gasteiger partial charge in [0.25, 0.3) is 0 Å². The average Bonchev–Trinajstić information content (AvgIpc) is 3.00. The Labute approximate surface area is 165 Å². The fraction of sp³-hybridized carbons (Fsp3) is 0.529. The van der Waals surface area contributed by atoms with Crippen molar-refractivity contribution in [2.45, 2.75) is 36.6 Å². The lowest BCUT2D eigenvalue weighted by Crippen LogP contribution is -2.49. The van der Waals surface area contributed by atoms with Crippen molar-refractivity contribution in [1.29, 1.82) is 0 Å². The molecule has 0 radical (unpaired) electrons. The van der Waals surface area contributed by atoms with Crippen LogP contribution in [-0.4, -0.2) is 50.2 Å². The minimum Gasteiger partial charge on any atom is -0.354 e. The van der Waals surface area contributed by atoms with Crippen molar-refractivity contribution < 1.29 is 18.0 Å². The molecule has 8 nitrogen and oxygen atoms in total. The number of carbonyl (C=O) groups excluding carboxylic acids is 2. The van der Waals surface area contributed by atoms with E-state index >= 15 is 0 Å². The molecular weight excluding hydrogens is 392 g/mol. The van der Waals surface area contributed by atoms with Crippen molar-refractivity contribution in [2.75, 3.05) is 25.0 Å². The molecule has 2 amide bonds. The summed E-state index contributed by atoms with van der Waals surface area (Å²) < 4.78 is 26.6. The van der Waals surface area contributed by atoms with Gasteiger partial charge in [-0.2, -0.15) is 4.31 Å². The second-order valence-electron chi connectivity index (χ2n) is 6.82. The SMILES string of the molecule is Cl.N[C@@H]1CCC[C@H]1CC(=O)Nc1cccc(S(=O)(=O)N2CCNC(=O)C2)c1. The zero-order valence-corrected chi connectivity index (χ0v) is 16.5. The quantitative estimate of drug-likeness (QED) is 0.651. The van der Waals surface area contributed by atoms with Gasteiger partial charge in [-0.1, -0.05) is 12.5 Å². The Morgan fingerprint density at radius 2 is 2.11 bits per heavy atom. The molecule has 0 aromatic heterocycles. The van der Waals surface area contributed by atoms with Crippen LogP contribution in [0, 0.1) is 5.92 Å². The summed E-state index contributed by atoms with van der Waals surface area (Å²) in [5.41, 5.74) is 6.42. The van der Waals surface area contributed by atoms with E-state index in [9.17, 15) is 18.0 Å². The summed E-state index contributed by atoms with van der Waals surface area (Å²) in [4.78, 5) is 23.8. The Morgan fingerprint density at radius 1 is 1.33 bits per heavy atom. The predicted octanol–water partition coefficient (Wildman–Crippen LogP) is 0.685. The Kier molecular flexibility index (Phi) is 7.21. The van der Waals surface area contributed by atoms with E-state index in [1.54, 1.807) is 12.1 Å². The Balaban J connectivity index is 0.00000261. The number of nitrogens with zero attached hydrogens (tertiary/aromatic N) is 1. The van der Waals surface area contributed by atoms with Crippen LogP contribution in [0.1, 0.15) is 25.7 Å². The summed E-state index contributed by atoms with van der Waals surface area (Å²) in [7, 11) is -3.78. The first-order valence-corrected chi connectivity index (χ1v) is 10.2. The average molecular weight is 417 g/mol. The van der Waals surface area contributed by atoms with E-state index in [2.05, 4.69) is 10.6 Å². The van der Waals surface area contributed by atoms with Gasteiger partial charge in [0.2, 0.25) is 21.8 Å².